The molecule has 5 heteroatoms. The summed E-state index contributed by atoms with van der Waals surface area (Å²) in [6, 6.07) is 29.8. The number of rotatable bonds is 6. The summed E-state index contributed by atoms with van der Waals surface area (Å²) in [7, 11) is 0. The molecular weight excluding hydrogens is 380 g/mol. The number of carbonyl (C=O) groups is 2. The molecule has 1 saturated heterocycles. The molecule has 4 nitrogen and oxygen atoms in total. The van der Waals surface area contributed by atoms with E-state index in [1.807, 2.05) is 54.6 Å². The first-order valence-electron chi connectivity index (χ1n) is 9.53. The van der Waals surface area contributed by atoms with E-state index < -0.39 is 11.6 Å². The van der Waals surface area contributed by atoms with Gasteiger partial charge in [-0.1, -0.05) is 103 Å². The SMILES string of the molecule is CC(=O)S[C@H]1NC(=O)[C@H]1NC(c1ccccc1)(c1ccccc1)c1ccccc1. The van der Waals surface area contributed by atoms with Gasteiger partial charge in [0.25, 0.3) is 0 Å². The Bertz CT molecular complexity index is 896. The highest BCUT2D eigenvalue weighted by molar-refractivity contribution is 8.14. The standard InChI is InChI=1S/C24H22N2O2S/c1-17(27)29-23-21(22(28)25-23)26-24(18-11-5-2-6-12-18,19-13-7-3-8-14-19)20-15-9-4-10-16-20/h2-16,21,23,26H,1H3,(H,25,28)/t21-,23-/m1/s1. The van der Waals surface area contributed by atoms with Crippen molar-refractivity contribution in [2.45, 2.75) is 23.9 Å². The fourth-order valence-corrected chi connectivity index (χ4v) is 4.68. The van der Waals surface area contributed by atoms with E-state index in [-0.39, 0.29) is 16.4 Å². The first-order chi connectivity index (χ1) is 14.1. The molecule has 1 aliphatic heterocycles. The van der Waals surface area contributed by atoms with Crippen molar-refractivity contribution in [2.24, 2.45) is 0 Å². The Morgan fingerprint density at radius 3 is 1.59 bits per heavy atom. The second-order valence-corrected chi connectivity index (χ2v) is 8.33. The highest BCUT2D eigenvalue weighted by Crippen LogP contribution is 2.38. The number of nitrogens with one attached hydrogen (secondary N) is 2. The number of benzene rings is 3. The molecule has 0 saturated carbocycles. The van der Waals surface area contributed by atoms with E-state index in [1.165, 1.54) is 6.92 Å². The number of β-lactam (4-membered cyclic amide) rings is 1. The molecule has 1 amide bonds. The summed E-state index contributed by atoms with van der Waals surface area (Å²) in [6.07, 6.45) is 0. The van der Waals surface area contributed by atoms with Gasteiger partial charge in [-0.3, -0.25) is 14.9 Å². The first-order valence-corrected chi connectivity index (χ1v) is 10.4. The summed E-state index contributed by atoms with van der Waals surface area (Å²) in [6.45, 7) is 1.52. The third kappa shape index (κ3) is 3.71. The molecule has 0 spiro atoms. The number of carbonyl (C=O) groups excluding carboxylic acids is 2. The van der Waals surface area contributed by atoms with Crippen molar-refractivity contribution in [3.8, 4) is 0 Å². The van der Waals surface area contributed by atoms with Gasteiger partial charge in [0, 0.05) is 6.92 Å². The monoisotopic (exact) mass is 402 g/mol. The minimum absolute atomic E-state index is 0.0217. The quantitative estimate of drug-likeness (QED) is 0.488. The minimum atomic E-state index is -0.734. The highest BCUT2D eigenvalue weighted by Gasteiger charge is 2.47. The van der Waals surface area contributed by atoms with Crippen LogP contribution in [0.25, 0.3) is 0 Å². The molecule has 2 atom stereocenters. The molecule has 2 N–H and O–H groups in total. The topological polar surface area (TPSA) is 58.2 Å². The molecule has 3 aromatic carbocycles. The second-order valence-electron chi connectivity index (χ2n) is 7.01. The van der Waals surface area contributed by atoms with Gasteiger partial charge in [0.1, 0.15) is 11.4 Å². The van der Waals surface area contributed by atoms with Gasteiger partial charge in [-0.15, -0.1) is 0 Å². The molecule has 1 fully saturated rings. The molecule has 0 radical (unpaired) electrons. The minimum Gasteiger partial charge on any atom is -0.340 e. The van der Waals surface area contributed by atoms with E-state index in [0.717, 1.165) is 28.5 Å². The Morgan fingerprint density at radius 2 is 1.24 bits per heavy atom. The van der Waals surface area contributed by atoms with Crippen molar-refractivity contribution < 1.29 is 9.59 Å². The van der Waals surface area contributed by atoms with Gasteiger partial charge >= 0.3 is 0 Å². The van der Waals surface area contributed by atoms with Gasteiger partial charge in [0.15, 0.2) is 5.12 Å². The number of hydrogen-bond acceptors (Lipinski definition) is 4. The lowest BCUT2D eigenvalue weighted by atomic mass is 9.76. The van der Waals surface area contributed by atoms with E-state index in [1.54, 1.807) is 0 Å². The molecule has 0 aliphatic carbocycles. The van der Waals surface area contributed by atoms with Crippen LogP contribution in [-0.4, -0.2) is 22.4 Å². The zero-order valence-corrected chi connectivity index (χ0v) is 16.9. The third-order valence-electron chi connectivity index (χ3n) is 5.16. The molecular formula is C24H22N2O2S. The van der Waals surface area contributed by atoms with Crippen LogP contribution in [0.5, 0.6) is 0 Å². The van der Waals surface area contributed by atoms with Gasteiger partial charge in [0.2, 0.25) is 5.91 Å². The zero-order chi connectivity index (χ0) is 20.3. The van der Waals surface area contributed by atoms with Crippen LogP contribution in [-0.2, 0) is 15.1 Å². The summed E-state index contributed by atoms with van der Waals surface area (Å²) in [5, 5.41) is 6.16. The Hall–Kier alpha value is -2.89. The van der Waals surface area contributed by atoms with Crippen molar-refractivity contribution in [3.63, 3.8) is 0 Å². The third-order valence-corrected chi connectivity index (χ3v) is 6.13. The summed E-state index contributed by atoms with van der Waals surface area (Å²) in [5.74, 6) is -0.101. The maximum Gasteiger partial charge on any atom is 0.241 e. The molecule has 1 heterocycles. The predicted molar refractivity (Wildman–Crippen MR) is 116 cm³/mol. The fourth-order valence-electron chi connectivity index (χ4n) is 3.82. The fraction of sp³-hybridized carbons (Fsp3) is 0.167. The molecule has 0 unspecified atom stereocenters. The second kappa shape index (κ2) is 8.23. The van der Waals surface area contributed by atoms with Crippen LogP contribution >= 0.6 is 11.8 Å². The Morgan fingerprint density at radius 1 is 0.828 bits per heavy atom. The van der Waals surface area contributed by atoms with Crippen molar-refractivity contribution in [2.75, 3.05) is 0 Å². The van der Waals surface area contributed by atoms with Crippen molar-refractivity contribution in [1.82, 2.24) is 10.6 Å². The summed E-state index contributed by atoms with van der Waals surface area (Å²) in [5.41, 5.74) is 2.36. The lowest BCUT2D eigenvalue weighted by Crippen LogP contribution is -2.70. The largest absolute Gasteiger partial charge is 0.340 e. The van der Waals surface area contributed by atoms with Gasteiger partial charge in [-0.2, -0.15) is 0 Å². The van der Waals surface area contributed by atoms with E-state index in [4.69, 9.17) is 0 Å². The average molecular weight is 403 g/mol. The average Bonchev–Trinajstić information content (AvgIpc) is 2.76. The van der Waals surface area contributed by atoms with Crippen LogP contribution in [0.4, 0.5) is 0 Å². The molecule has 0 bridgehead atoms. The molecule has 4 rings (SSSR count). The molecule has 146 valence electrons. The van der Waals surface area contributed by atoms with Crippen LogP contribution in [0.1, 0.15) is 23.6 Å². The maximum atomic E-state index is 12.5. The smallest absolute Gasteiger partial charge is 0.241 e. The Labute approximate surface area is 174 Å². The van der Waals surface area contributed by atoms with E-state index in [0.29, 0.717) is 0 Å². The maximum absolute atomic E-state index is 12.5. The predicted octanol–water partition coefficient (Wildman–Crippen LogP) is 3.67. The van der Waals surface area contributed by atoms with Gasteiger partial charge in [0.05, 0.1) is 5.54 Å². The van der Waals surface area contributed by atoms with Crippen molar-refractivity contribution >= 4 is 22.8 Å². The number of amides is 1. The molecule has 1 aliphatic rings. The number of hydrogen-bond donors (Lipinski definition) is 2. The van der Waals surface area contributed by atoms with Crippen LogP contribution in [0.3, 0.4) is 0 Å². The Kier molecular flexibility index (Phi) is 5.51. The van der Waals surface area contributed by atoms with Crippen LogP contribution in [0.2, 0.25) is 0 Å². The summed E-state index contributed by atoms with van der Waals surface area (Å²) >= 11 is 1.15. The summed E-state index contributed by atoms with van der Waals surface area (Å²) in [4.78, 5) is 24.2. The molecule has 3 aromatic rings. The highest BCUT2D eigenvalue weighted by atomic mass is 32.2. The first kappa shape index (κ1) is 19.4. The molecule has 0 aromatic heterocycles. The summed E-state index contributed by atoms with van der Waals surface area (Å²) < 4.78 is 0. The van der Waals surface area contributed by atoms with Crippen LogP contribution < -0.4 is 10.6 Å². The molecule has 29 heavy (non-hydrogen) atoms. The van der Waals surface area contributed by atoms with Crippen molar-refractivity contribution in [3.05, 3.63) is 108 Å². The van der Waals surface area contributed by atoms with Crippen LogP contribution in [0, 0.1) is 0 Å². The van der Waals surface area contributed by atoms with Crippen molar-refractivity contribution in [1.29, 1.82) is 0 Å². The number of thioether (sulfide) groups is 1. The van der Waals surface area contributed by atoms with Gasteiger partial charge in [-0.25, -0.2) is 0 Å². The lowest BCUT2D eigenvalue weighted by Gasteiger charge is -2.45. The van der Waals surface area contributed by atoms with E-state index in [9.17, 15) is 9.59 Å². The van der Waals surface area contributed by atoms with Gasteiger partial charge < -0.3 is 5.32 Å². The Balaban J connectivity index is 1.89. The van der Waals surface area contributed by atoms with E-state index in [2.05, 4.69) is 47.0 Å². The van der Waals surface area contributed by atoms with Gasteiger partial charge in [-0.05, 0) is 16.7 Å². The lowest BCUT2D eigenvalue weighted by molar-refractivity contribution is -0.129. The van der Waals surface area contributed by atoms with Crippen LogP contribution in [0.15, 0.2) is 91.0 Å². The van der Waals surface area contributed by atoms with E-state index >= 15 is 0 Å². The zero-order valence-electron chi connectivity index (χ0n) is 16.0. The normalized spacial score (nSPS) is 18.6.